The van der Waals surface area contributed by atoms with Crippen LogP contribution in [0, 0.1) is 0 Å². The minimum atomic E-state index is -0.304. The van der Waals surface area contributed by atoms with E-state index in [-0.39, 0.29) is 29.3 Å². The average Bonchev–Trinajstić information content (AvgIpc) is 3.14. The molecule has 3 N–H and O–H groups in total. The first-order valence-corrected chi connectivity index (χ1v) is 9.39. The van der Waals surface area contributed by atoms with Gasteiger partial charge in [0, 0.05) is 38.0 Å². The van der Waals surface area contributed by atoms with Gasteiger partial charge < -0.3 is 15.5 Å². The smallest absolute Gasteiger partial charge is 0.232 e. The topological polar surface area (TPSA) is 90.5 Å². The zero-order valence-electron chi connectivity index (χ0n) is 13.2. The maximum Gasteiger partial charge on any atom is 0.232 e. The summed E-state index contributed by atoms with van der Waals surface area (Å²) in [6, 6.07) is 0.171. The molecule has 0 aromatic carbocycles. The Labute approximate surface area is 140 Å². The van der Waals surface area contributed by atoms with Crippen LogP contribution in [0.25, 0.3) is 0 Å². The van der Waals surface area contributed by atoms with Crippen molar-refractivity contribution in [3.05, 3.63) is 0 Å². The van der Waals surface area contributed by atoms with E-state index in [1.165, 1.54) is 11.8 Å². The van der Waals surface area contributed by atoms with Crippen LogP contribution in [0.15, 0.2) is 0 Å². The largest absolute Gasteiger partial charge is 0.353 e. The zero-order chi connectivity index (χ0) is 16.2. The summed E-state index contributed by atoms with van der Waals surface area (Å²) in [5.74, 6) is 0.395. The van der Waals surface area contributed by atoms with Crippen molar-refractivity contribution in [2.45, 2.75) is 56.1 Å². The highest BCUT2D eigenvalue weighted by Gasteiger charge is 2.30. The minimum Gasteiger partial charge on any atom is -0.353 e. The van der Waals surface area contributed by atoms with Crippen LogP contribution >= 0.6 is 11.8 Å². The first kappa shape index (κ1) is 16.6. The molecule has 3 rings (SSSR count). The second kappa shape index (κ2) is 7.53. The molecular formula is C15H24N4O3S. The molecular weight excluding hydrogens is 316 g/mol. The highest BCUT2D eigenvalue weighted by atomic mass is 32.2. The van der Waals surface area contributed by atoms with Gasteiger partial charge in [0.05, 0.1) is 5.75 Å². The van der Waals surface area contributed by atoms with Crippen molar-refractivity contribution in [2.24, 2.45) is 0 Å². The Morgan fingerprint density at radius 2 is 2.00 bits per heavy atom. The van der Waals surface area contributed by atoms with Crippen LogP contribution in [0.3, 0.4) is 0 Å². The van der Waals surface area contributed by atoms with Crippen LogP contribution in [-0.2, 0) is 14.4 Å². The predicted molar refractivity (Wildman–Crippen MR) is 87.5 cm³/mol. The van der Waals surface area contributed by atoms with Crippen LogP contribution in [0.4, 0.5) is 0 Å². The third kappa shape index (κ3) is 5.10. The third-order valence-corrected chi connectivity index (χ3v) is 5.32. The van der Waals surface area contributed by atoms with Crippen LogP contribution in [0.5, 0.6) is 0 Å². The van der Waals surface area contributed by atoms with Crippen LogP contribution in [0.1, 0.15) is 38.5 Å². The van der Waals surface area contributed by atoms with Gasteiger partial charge in [0.25, 0.3) is 0 Å². The maximum absolute atomic E-state index is 12.1. The summed E-state index contributed by atoms with van der Waals surface area (Å²) in [5.41, 5.74) is -0.304. The summed E-state index contributed by atoms with van der Waals surface area (Å²) in [5, 5.41) is 9.02. The molecule has 0 bridgehead atoms. The van der Waals surface area contributed by atoms with E-state index < -0.39 is 0 Å². The quantitative estimate of drug-likeness (QED) is 0.621. The van der Waals surface area contributed by atoms with Crippen LogP contribution < -0.4 is 16.0 Å². The monoisotopic (exact) mass is 340 g/mol. The van der Waals surface area contributed by atoms with Crippen LogP contribution in [-0.4, -0.2) is 59.0 Å². The summed E-state index contributed by atoms with van der Waals surface area (Å²) >= 11 is 1.39. The summed E-state index contributed by atoms with van der Waals surface area (Å²) in [4.78, 5) is 37.6. The second-order valence-electron chi connectivity index (χ2n) is 6.46. The highest BCUT2D eigenvalue weighted by Crippen LogP contribution is 2.20. The molecule has 0 radical (unpaired) electrons. The van der Waals surface area contributed by atoms with Gasteiger partial charge in [-0.1, -0.05) is 0 Å². The molecule has 23 heavy (non-hydrogen) atoms. The number of carbonyl (C=O) groups excluding carboxylic acids is 3. The number of hydrogen-bond acceptors (Lipinski definition) is 5. The number of nitrogens with zero attached hydrogens (tertiary/aromatic N) is 1. The molecule has 128 valence electrons. The average molecular weight is 340 g/mol. The third-order valence-electron chi connectivity index (χ3n) is 4.32. The fraction of sp³-hybridized carbons (Fsp3) is 0.800. The van der Waals surface area contributed by atoms with Crippen molar-refractivity contribution in [1.82, 2.24) is 20.9 Å². The van der Waals surface area contributed by atoms with Gasteiger partial charge in [-0.25, -0.2) is 0 Å². The molecule has 0 spiro atoms. The molecule has 2 heterocycles. The zero-order valence-corrected chi connectivity index (χ0v) is 14.0. The second-order valence-corrected chi connectivity index (χ2v) is 7.55. The fourth-order valence-corrected chi connectivity index (χ4v) is 3.91. The van der Waals surface area contributed by atoms with Gasteiger partial charge in [0.2, 0.25) is 17.7 Å². The van der Waals surface area contributed by atoms with Gasteiger partial charge in [0.15, 0.2) is 0 Å². The Hall–Kier alpha value is -1.28. The number of thioether (sulfide) groups is 1. The first-order valence-electron chi connectivity index (χ1n) is 8.34. The van der Waals surface area contributed by atoms with Crippen molar-refractivity contribution >= 4 is 29.5 Å². The number of carbonyl (C=O) groups is 3. The van der Waals surface area contributed by atoms with Crippen molar-refractivity contribution in [1.29, 1.82) is 0 Å². The van der Waals surface area contributed by atoms with Gasteiger partial charge in [0.1, 0.15) is 5.50 Å². The molecule has 1 aliphatic carbocycles. The SMILES string of the molecule is O=C(CC1CC(=O)NC(SCC(=O)N2CCCC2)N1)NC1CC1. The van der Waals surface area contributed by atoms with E-state index >= 15 is 0 Å². The molecule has 2 atom stereocenters. The van der Waals surface area contributed by atoms with Gasteiger partial charge in [-0.2, -0.15) is 0 Å². The van der Waals surface area contributed by atoms with E-state index in [1.807, 2.05) is 4.90 Å². The summed E-state index contributed by atoms with van der Waals surface area (Å²) < 4.78 is 0. The number of rotatable bonds is 6. The molecule has 2 unspecified atom stereocenters. The Kier molecular flexibility index (Phi) is 5.42. The van der Waals surface area contributed by atoms with E-state index in [0.717, 1.165) is 38.8 Å². The van der Waals surface area contributed by atoms with Gasteiger partial charge in [-0.15, -0.1) is 11.8 Å². The minimum absolute atomic E-state index is 0.00315. The van der Waals surface area contributed by atoms with Gasteiger partial charge in [-0.3, -0.25) is 19.7 Å². The van der Waals surface area contributed by atoms with Crippen LogP contribution in [0.2, 0.25) is 0 Å². The Morgan fingerprint density at radius 1 is 1.26 bits per heavy atom. The van der Waals surface area contributed by atoms with E-state index in [4.69, 9.17) is 0 Å². The Balaban J connectivity index is 1.42. The molecule has 1 saturated carbocycles. The molecule has 3 amide bonds. The number of likely N-dealkylation sites (tertiary alicyclic amines) is 1. The lowest BCUT2D eigenvalue weighted by atomic mass is 10.1. The van der Waals surface area contributed by atoms with E-state index in [9.17, 15) is 14.4 Å². The molecule has 0 aromatic heterocycles. The lowest BCUT2D eigenvalue weighted by Crippen LogP contribution is -2.56. The highest BCUT2D eigenvalue weighted by molar-refractivity contribution is 8.00. The molecule has 7 nitrogen and oxygen atoms in total. The lowest BCUT2D eigenvalue weighted by molar-refractivity contribution is -0.128. The summed E-state index contributed by atoms with van der Waals surface area (Å²) in [6.45, 7) is 1.68. The Morgan fingerprint density at radius 3 is 2.70 bits per heavy atom. The number of amides is 3. The molecule has 2 aliphatic heterocycles. The normalized spacial score (nSPS) is 27.7. The van der Waals surface area contributed by atoms with Crippen molar-refractivity contribution in [3.8, 4) is 0 Å². The number of nitrogens with one attached hydrogen (secondary N) is 3. The van der Waals surface area contributed by atoms with E-state index in [2.05, 4.69) is 16.0 Å². The molecule has 3 aliphatic rings. The predicted octanol–water partition coefficient (Wildman–Crippen LogP) is -0.228. The molecule has 0 aromatic rings. The molecule has 3 fully saturated rings. The molecule has 2 saturated heterocycles. The van der Waals surface area contributed by atoms with E-state index in [1.54, 1.807) is 0 Å². The summed E-state index contributed by atoms with van der Waals surface area (Å²) in [6.07, 6.45) is 4.87. The standard InChI is InChI=1S/C15H24N4O3S/c20-12(16-10-3-4-10)7-11-8-13(21)18-15(17-11)23-9-14(22)19-5-1-2-6-19/h10-11,15,17H,1-9H2,(H,16,20)(H,18,21). The van der Waals surface area contributed by atoms with Crippen molar-refractivity contribution in [2.75, 3.05) is 18.8 Å². The fourth-order valence-electron chi connectivity index (χ4n) is 2.91. The van der Waals surface area contributed by atoms with Gasteiger partial charge >= 0.3 is 0 Å². The van der Waals surface area contributed by atoms with Gasteiger partial charge in [-0.05, 0) is 25.7 Å². The maximum atomic E-state index is 12.1. The summed E-state index contributed by atoms with van der Waals surface area (Å²) in [7, 11) is 0. The molecule has 8 heteroatoms. The Bertz CT molecular complexity index is 477. The van der Waals surface area contributed by atoms with E-state index in [0.29, 0.717) is 24.6 Å². The van der Waals surface area contributed by atoms with Crippen molar-refractivity contribution < 1.29 is 14.4 Å². The van der Waals surface area contributed by atoms with Crippen molar-refractivity contribution in [3.63, 3.8) is 0 Å². The lowest BCUT2D eigenvalue weighted by Gasteiger charge is -2.31. The number of hydrogen-bond donors (Lipinski definition) is 3. The first-order chi connectivity index (χ1) is 11.1.